The van der Waals surface area contributed by atoms with Crippen molar-refractivity contribution >= 4 is 22.9 Å². The number of rotatable bonds is 1. The Bertz CT molecular complexity index is 197. The molecule has 2 heterocycles. The van der Waals surface area contributed by atoms with E-state index < -0.39 is 0 Å². The molecule has 88 valence electrons. The molecule has 0 aromatic carbocycles. The first-order chi connectivity index (χ1) is 7.15. The number of halogens is 1. The Morgan fingerprint density at radius 3 is 2.13 bits per heavy atom. The zero-order chi connectivity index (χ0) is 10.8. The molecule has 0 N–H and O–H groups in total. The van der Waals surface area contributed by atoms with Gasteiger partial charge in [0.2, 0.25) is 0 Å². The van der Waals surface area contributed by atoms with Gasteiger partial charge in [-0.2, -0.15) is 0 Å². The van der Waals surface area contributed by atoms with Crippen molar-refractivity contribution in [3.05, 3.63) is 0 Å². The molecule has 0 bridgehead atoms. The minimum Gasteiger partial charge on any atom is -0.373 e. The van der Waals surface area contributed by atoms with Crippen LogP contribution in [-0.2, 0) is 4.74 Å². The lowest BCUT2D eigenvalue weighted by molar-refractivity contribution is -0.0843. The van der Waals surface area contributed by atoms with Crippen molar-refractivity contribution in [2.24, 2.45) is 0 Å². The largest absolute Gasteiger partial charge is 0.373 e. The summed E-state index contributed by atoms with van der Waals surface area (Å²) >= 11 is 2.44. The van der Waals surface area contributed by atoms with Crippen molar-refractivity contribution in [1.29, 1.82) is 0 Å². The fraction of sp³-hybridized carbons (Fsp3) is 1.00. The average molecular weight is 324 g/mol. The van der Waals surface area contributed by atoms with Crippen LogP contribution < -0.4 is 0 Å². The lowest BCUT2D eigenvalue weighted by atomic mass is 10.0. The predicted molar refractivity (Wildman–Crippen MR) is 70.2 cm³/mol. The number of nitrogens with zero attached hydrogens (tertiary/aromatic N) is 2. The summed E-state index contributed by atoms with van der Waals surface area (Å²) in [5.41, 5.74) is 0. The fourth-order valence-electron chi connectivity index (χ4n) is 2.72. The predicted octanol–water partition coefficient (Wildman–Crippen LogP) is 1.91. The van der Waals surface area contributed by atoms with E-state index >= 15 is 0 Å². The summed E-state index contributed by atoms with van der Waals surface area (Å²) in [6.07, 6.45) is 3.46. The first-order valence-corrected chi connectivity index (χ1v) is 6.92. The van der Waals surface area contributed by atoms with Gasteiger partial charge in [-0.25, -0.2) is 3.11 Å². The highest BCUT2D eigenvalue weighted by Gasteiger charge is 2.29. The number of ether oxygens (including phenoxy) is 1. The summed E-state index contributed by atoms with van der Waals surface area (Å²) in [4.78, 5) is 2.64. The van der Waals surface area contributed by atoms with Gasteiger partial charge in [0, 0.05) is 55.1 Å². The molecule has 2 rings (SSSR count). The highest BCUT2D eigenvalue weighted by Crippen LogP contribution is 2.22. The van der Waals surface area contributed by atoms with Crippen LogP contribution in [0.5, 0.6) is 0 Å². The minimum atomic E-state index is 0.409. The zero-order valence-electron chi connectivity index (χ0n) is 9.66. The minimum absolute atomic E-state index is 0.409. The Labute approximate surface area is 107 Å². The highest BCUT2D eigenvalue weighted by molar-refractivity contribution is 14.1. The van der Waals surface area contributed by atoms with Gasteiger partial charge in [-0.15, -0.1) is 0 Å². The zero-order valence-corrected chi connectivity index (χ0v) is 11.8. The highest BCUT2D eigenvalue weighted by atomic mass is 127. The van der Waals surface area contributed by atoms with Crippen LogP contribution >= 0.6 is 22.9 Å². The molecule has 2 fully saturated rings. The van der Waals surface area contributed by atoms with Crippen LogP contribution in [0.3, 0.4) is 0 Å². The van der Waals surface area contributed by atoms with E-state index in [2.05, 4.69) is 44.7 Å². The topological polar surface area (TPSA) is 15.7 Å². The van der Waals surface area contributed by atoms with Crippen LogP contribution in [-0.4, -0.2) is 52.4 Å². The molecule has 2 atom stereocenters. The summed E-state index contributed by atoms with van der Waals surface area (Å²) in [7, 11) is 0. The SMILES string of the molecule is C[C@@H]1CN(C2CCN(I)CC2)C[C@H](C)O1. The van der Waals surface area contributed by atoms with Gasteiger partial charge in [0.15, 0.2) is 0 Å². The van der Waals surface area contributed by atoms with Gasteiger partial charge >= 0.3 is 0 Å². The number of morpholine rings is 1. The monoisotopic (exact) mass is 324 g/mol. The van der Waals surface area contributed by atoms with Crippen molar-refractivity contribution in [2.45, 2.75) is 44.9 Å². The fourth-order valence-corrected chi connectivity index (χ4v) is 3.27. The van der Waals surface area contributed by atoms with E-state index in [9.17, 15) is 0 Å². The molecule has 0 unspecified atom stereocenters. The molecular weight excluding hydrogens is 303 g/mol. The summed E-state index contributed by atoms with van der Waals surface area (Å²) in [5, 5.41) is 0. The molecule has 0 radical (unpaired) electrons. The maximum Gasteiger partial charge on any atom is 0.0678 e. The maximum atomic E-state index is 5.77. The van der Waals surface area contributed by atoms with E-state index in [0.29, 0.717) is 12.2 Å². The lowest BCUT2D eigenvalue weighted by Gasteiger charge is -2.42. The van der Waals surface area contributed by atoms with Gasteiger partial charge < -0.3 is 4.74 Å². The van der Waals surface area contributed by atoms with Crippen molar-refractivity contribution in [3.63, 3.8) is 0 Å². The van der Waals surface area contributed by atoms with Crippen LogP contribution in [0.25, 0.3) is 0 Å². The molecule has 2 aliphatic heterocycles. The number of hydrogen-bond donors (Lipinski definition) is 0. The normalized spacial score (nSPS) is 37.0. The Morgan fingerprint density at radius 2 is 1.60 bits per heavy atom. The van der Waals surface area contributed by atoms with E-state index in [0.717, 1.165) is 19.1 Å². The summed E-state index contributed by atoms with van der Waals surface area (Å²) in [6, 6.07) is 0.796. The molecule has 0 aromatic rings. The number of hydrogen-bond acceptors (Lipinski definition) is 3. The molecule has 0 aliphatic carbocycles. The molecule has 0 amide bonds. The van der Waals surface area contributed by atoms with Gasteiger partial charge in [0.1, 0.15) is 0 Å². The molecule has 0 saturated carbocycles. The quantitative estimate of drug-likeness (QED) is 0.541. The Balaban J connectivity index is 1.87. The molecule has 15 heavy (non-hydrogen) atoms. The third-order valence-corrected chi connectivity index (χ3v) is 4.34. The van der Waals surface area contributed by atoms with Crippen LogP contribution in [0.2, 0.25) is 0 Å². The Morgan fingerprint density at radius 1 is 1.07 bits per heavy atom. The molecule has 3 nitrogen and oxygen atoms in total. The molecular formula is C11H21IN2O. The van der Waals surface area contributed by atoms with Crippen molar-refractivity contribution in [1.82, 2.24) is 8.01 Å². The Hall–Kier alpha value is 0.610. The second-order valence-corrected chi connectivity index (χ2v) is 6.22. The van der Waals surface area contributed by atoms with E-state index in [1.807, 2.05) is 0 Å². The van der Waals surface area contributed by atoms with Gasteiger partial charge in [0.05, 0.1) is 12.2 Å². The standard InChI is InChI=1S/C11H21IN2O/c1-9-7-13(8-10(2)15-9)11-3-5-14(12)6-4-11/h9-11H,3-8H2,1-2H3/t9-,10+. The van der Waals surface area contributed by atoms with Crippen LogP contribution in [0.4, 0.5) is 0 Å². The van der Waals surface area contributed by atoms with E-state index in [-0.39, 0.29) is 0 Å². The summed E-state index contributed by atoms with van der Waals surface area (Å²) < 4.78 is 8.18. The smallest absolute Gasteiger partial charge is 0.0678 e. The summed E-state index contributed by atoms with van der Waals surface area (Å²) in [6.45, 7) is 9.11. The third-order valence-electron chi connectivity index (χ3n) is 3.37. The van der Waals surface area contributed by atoms with Gasteiger partial charge in [-0.05, 0) is 26.7 Å². The van der Waals surface area contributed by atoms with E-state index in [1.165, 1.54) is 25.9 Å². The van der Waals surface area contributed by atoms with Crippen molar-refractivity contribution in [3.8, 4) is 0 Å². The molecule has 4 heteroatoms. The third kappa shape index (κ3) is 3.28. The lowest BCUT2D eigenvalue weighted by Crippen LogP contribution is -2.52. The van der Waals surface area contributed by atoms with Crippen molar-refractivity contribution < 1.29 is 4.74 Å². The first-order valence-electron chi connectivity index (χ1n) is 5.95. The Kier molecular flexibility index (Phi) is 4.26. The van der Waals surface area contributed by atoms with Crippen LogP contribution in [0, 0.1) is 0 Å². The molecule has 0 aromatic heterocycles. The van der Waals surface area contributed by atoms with Crippen LogP contribution in [0.15, 0.2) is 0 Å². The average Bonchev–Trinajstić information content (AvgIpc) is 2.17. The van der Waals surface area contributed by atoms with Gasteiger partial charge in [-0.3, -0.25) is 4.90 Å². The van der Waals surface area contributed by atoms with E-state index in [4.69, 9.17) is 4.74 Å². The van der Waals surface area contributed by atoms with E-state index in [1.54, 1.807) is 0 Å². The summed E-state index contributed by atoms with van der Waals surface area (Å²) in [5.74, 6) is 0. The first kappa shape index (κ1) is 12.1. The second-order valence-electron chi connectivity index (χ2n) is 4.85. The molecule has 2 aliphatic rings. The maximum absolute atomic E-state index is 5.77. The molecule has 0 spiro atoms. The van der Waals surface area contributed by atoms with Crippen LogP contribution in [0.1, 0.15) is 26.7 Å². The second kappa shape index (κ2) is 5.29. The van der Waals surface area contributed by atoms with Gasteiger partial charge in [-0.1, -0.05) is 0 Å². The van der Waals surface area contributed by atoms with Crippen molar-refractivity contribution in [2.75, 3.05) is 26.2 Å². The molecule has 2 saturated heterocycles. The number of piperidine rings is 1. The van der Waals surface area contributed by atoms with Gasteiger partial charge in [0.25, 0.3) is 0 Å².